The lowest BCUT2D eigenvalue weighted by molar-refractivity contribution is 1.09. The number of hydrogen-bond acceptors (Lipinski definition) is 5. The maximum absolute atomic E-state index is 6.43. The van der Waals surface area contributed by atoms with Gasteiger partial charge < -0.3 is 5.73 Å². The van der Waals surface area contributed by atoms with Crippen LogP contribution in [0.3, 0.4) is 0 Å². The fraction of sp³-hybridized carbons (Fsp3) is 0. The SMILES string of the molecule is Nc1ccccc1N(N)c1ccc(-c2ccc3cccc(-c4ccc(-c5nc(-c6ccccc6)cc(-c6ccccc6)n5)cc4)c3c2)cc1. The zero-order chi connectivity index (χ0) is 33.2. The summed E-state index contributed by atoms with van der Waals surface area (Å²) in [7, 11) is 0. The van der Waals surface area contributed by atoms with Crippen molar-refractivity contribution < 1.29 is 0 Å². The van der Waals surface area contributed by atoms with Gasteiger partial charge in [0, 0.05) is 16.7 Å². The number of nitrogen functional groups attached to an aromatic ring is 1. The molecule has 0 saturated heterocycles. The molecule has 0 spiro atoms. The maximum atomic E-state index is 6.43. The zero-order valence-electron chi connectivity index (χ0n) is 26.7. The highest BCUT2D eigenvalue weighted by Gasteiger charge is 2.13. The summed E-state index contributed by atoms with van der Waals surface area (Å²) in [6.07, 6.45) is 0. The van der Waals surface area contributed by atoms with Crippen LogP contribution in [0.4, 0.5) is 17.1 Å². The molecule has 0 bridgehead atoms. The molecule has 0 fully saturated rings. The van der Waals surface area contributed by atoms with Crippen LogP contribution < -0.4 is 16.6 Å². The van der Waals surface area contributed by atoms with Crippen molar-refractivity contribution in [3.05, 3.63) is 176 Å². The highest BCUT2D eigenvalue weighted by atomic mass is 15.4. The minimum atomic E-state index is 0.634. The molecular weight excluding hydrogens is 599 g/mol. The highest BCUT2D eigenvalue weighted by molar-refractivity contribution is 5.99. The van der Waals surface area contributed by atoms with Gasteiger partial charge in [-0.3, -0.25) is 5.01 Å². The first-order valence-electron chi connectivity index (χ1n) is 16.2. The fourth-order valence-corrected chi connectivity index (χ4v) is 6.25. The molecule has 4 N–H and O–H groups in total. The first-order chi connectivity index (χ1) is 24.1. The Bertz CT molecular complexity index is 2330. The molecule has 49 heavy (non-hydrogen) atoms. The van der Waals surface area contributed by atoms with Crippen molar-refractivity contribution >= 4 is 27.8 Å². The minimum absolute atomic E-state index is 0.634. The van der Waals surface area contributed by atoms with E-state index in [1.165, 1.54) is 16.3 Å². The minimum Gasteiger partial charge on any atom is -0.397 e. The van der Waals surface area contributed by atoms with E-state index in [-0.39, 0.29) is 0 Å². The molecule has 5 nitrogen and oxygen atoms in total. The van der Waals surface area contributed by atoms with Crippen LogP contribution >= 0.6 is 0 Å². The number of para-hydroxylation sites is 2. The lowest BCUT2D eigenvalue weighted by Gasteiger charge is -2.20. The Kier molecular flexibility index (Phi) is 7.86. The Morgan fingerprint density at radius 2 is 1.00 bits per heavy atom. The summed E-state index contributed by atoms with van der Waals surface area (Å²) in [6, 6.07) is 60.1. The maximum Gasteiger partial charge on any atom is 0.160 e. The molecule has 0 aliphatic carbocycles. The molecule has 0 atom stereocenters. The van der Waals surface area contributed by atoms with Crippen molar-refractivity contribution in [3.63, 3.8) is 0 Å². The van der Waals surface area contributed by atoms with Gasteiger partial charge in [0.25, 0.3) is 0 Å². The first-order valence-corrected chi connectivity index (χ1v) is 16.2. The van der Waals surface area contributed by atoms with Gasteiger partial charge in [-0.05, 0) is 69.4 Å². The Morgan fingerprint density at radius 1 is 0.429 bits per heavy atom. The quantitative estimate of drug-likeness (QED) is 0.104. The number of anilines is 3. The van der Waals surface area contributed by atoms with Crippen molar-refractivity contribution in [1.29, 1.82) is 0 Å². The standard InChI is InChI=1S/C44H33N5/c45-40-16-7-8-17-43(40)49(46)37-26-24-30(25-27-37)36-23-20-31-14-9-15-38(39(31)28-36)32-18-21-35(22-19-32)44-47-41(33-10-3-1-4-11-33)29-42(48-44)34-12-5-2-6-13-34/h1-29H,45-46H2. The van der Waals surface area contributed by atoms with Crippen LogP contribution in [-0.4, -0.2) is 9.97 Å². The largest absolute Gasteiger partial charge is 0.397 e. The second kappa shape index (κ2) is 12.9. The molecule has 0 aliphatic heterocycles. The van der Waals surface area contributed by atoms with Crippen LogP contribution in [0.15, 0.2) is 176 Å². The summed E-state index contributed by atoms with van der Waals surface area (Å²) >= 11 is 0. The fourth-order valence-electron chi connectivity index (χ4n) is 6.25. The Labute approximate surface area is 285 Å². The van der Waals surface area contributed by atoms with Crippen LogP contribution in [0.5, 0.6) is 0 Å². The van der Waals surface area contributed by atoms with Gasteiger partial charge in [-0.25, -0.2) is 15.8 Å². The molecule has 0 amide bonds. The molecule has 8 rings (SSSR count). The first kappa shape index (κ1) is 29.8. The van der Waals surface area contributed by atoms with Crippen molar-refractivity contribution in [2.45, 2.75) is 0 Å². The van der Waals surface area contributed by atoms with E-state index in [2.05, 4.69) is 103 Å². The topological polar surface area (TPSA) is 81.1 Å². The third-order valence-corrected chi connectivity index (χ3v) is 8.88. The van der Waals surface area contributed by atoms with Gasteiger partial charge >= 0.3 is 0 Å². The second-order valence-corrected chi connectivity index (χ2v) is 12.0. The van der Waals surface area contributed by atoms with E-state index >= 15 is 0 Å². The van der Waals surface area contributed by atoms with Crippen LogP contribution in [-0.2, 0) is 0 Å². The number of aromatic nitrogens is 2. The van der Waals surface area contributed by atoms with Gasteiger partial charge in [-0.15, -0.1) is 0 Å². The number of nitrogens with zero attached hydrogens (tertiary/aromatic N) is 3. The average molecular weight is 632 g/mol. The molecule has 8 aromatic rings. The molecule has 1 aromatic heterocycles. The predicted molar refractivity (Wildman–Crippen MR) is 204 cm³/mol. The summed E-state index contributed by atoms with van der Waals surface area (Å²) in [5.41, 5.74) is 17.8. The van der Waals surface area contributed by atoms with Crippen LogP contribution in [0.2, 0.25) is 0 Å². The highest BCUT2D eigenvalue weighted by Crippen LogP contribution is 2.35. The van der Waals surface area contributed by atoms with Crippen LogP contribution in [0, 0.1) is 0 Å². The van der Waals surface area contributed by atoms with Gasteiger partial charge in [0.2, 0.25) is 0 Å². The average Bonchev–Trinajstić information content (AvgIpc) is 3.18. The smallest absolute Gasteiger partial charge is 0.160 e. The van der Waals surface area contributed by atoms with Gasteiger partial charge in [-0.1, -0.05) is 140 Å². The molecule has 0 aliphatic rings. The zero-order valence-corrected chi connectivity index (χ0v) is 26.7. The predicted octanol–water partition coefficient (Wildman–Crippen LogP) is 10.6. The number of rotatable bonds is 7. The van der Waals surface area contributed by atoms with Crippen molar-refractivity contribution in [2.75, 3.05) is 10.7 Å². The monoisotopic (exact) mass is 631 g/mol. The number of benzene rings is 7. The third kappa shape index (κ3) is 6.02. The molecule has 1 heterocycles. The molecule has 0 radical (unpaired) electrons. The lowest BCUT2D eigenvalue weighted by Crippen LogP contribution is -2.25. The van der Waals surface area contributed by atoms with Gasteiger partial charge in [0.15, 0.2) is 5.82 Å². The van der Waals surface area contributed by atoms with Crippen LogP contribution in [0.1, 0.15) is 0 Å². The van der Waals surface area contributed by atoms with E-state index in [0.29, 0.717) is 11.5 Å². The molecule has 5 heteroatoms. The van der Waals surface area contributed by atoms with E-state index in [9.17, 15) is 0 Å². The van der Waals surface area contributed by atoms with Crippen molar-refractivity contribution in [1.82, 2.24) is 9.97 Å². The summed E-state index contributed by atoms with van der Waals surface area (Å²) < 4.78 is 0. The Morgan fingerprint density at radius 3 is 1.65 bits per heavy atom. The Balaban J connectivity index is 1.12. The van der Waals surface area contributed by atoms with Gasteiger partial charge in [0.1, 0.15) is 0 Å². The summed E-state index contributed by atoms with van der Waals surface area (Å²) in [5, 5.41) is 3.98. The molecule has 7 aromatic carbocycles. The summed E-state index contributed by atoms with van der Waals surface area (Å²) in [4.78, 5) is 10.0. The van der Waals surface area contributed by atoms with E-state index in [4.69, 9.17) is 21.5 Å². The number of hydrogen-bond donors (Lipinski definition) is 2. The number of nitrogens with two attached hydrogens (primary N) is 2. The van der Waals surface area contributed by atoms with Crippen LogP contribution in [0.25, 0.3) is 66.9 Å². The van der Waals surface area contributed by atoms with Crippen molar-refractivity contribution in [3.8, 4) is 56.2 Å². The van der Waals surface area contributed by atoms with Gasteiger partial charge in [0.05, 0.1) is 28.5 Å². The molecule has 0 saturated carbocycles. The molecule has 0 unspecified atom stereocenters. The van der Waals surface area contributed by atoms with E-state index in [1.54, 1.807) is 5.01 Å². The van der Waals surface area contributed by atoms with E-state index < -0.39 is 0 Å². The second-order valence-electron chi connectivity index (χ2n) is 12.0. The van der Waals surface area contributed by atoms with Crippen molar-refractivity contribution in [2.24, 2.45) is 5.84 Å². The van der Waals surface area contributed by atoms with E-state index in [1.807, 2.05) is 72.8 Å². The van der Waals surface area contributed by atoms with Gasteiger partial charge in [-0.2, -0.15) is 0 Å². The van der Waals surface area contributed by atoms with E-state index in [0.717, 1.165) is 56.1 Å². The molecular formula is C44H33N5. The third-order valence-electron chi connectivity index (χ3n) is 8.88. The number of hydrazine groups is 1. The number of fused-ring (bicyclic) bond motifs is 1. The summed E-state index contributed by atoms with van der Waals surface area (Å²) in [5.74, 6) is 7.12. The normalized spacial score (nSPS) is 11.0. The lowest BCUT2D eigenvalue weighted by atomic mass is 9.94. The molecule has 234 valence electrons. The summed E-state index contributed by atoms with van der Waals surface area (Å²) in [6.45, 7) is 0. The Hall–Kier alpha value is -6.56.